The van der Waals surface area contributed by atoms with Crippen molar-refractivity contribution in [1.29, 1.82) is 5.26 Å². The molecule has 106 valence electrons. The first-order valence-corrected chi connectivity index (χ1v) is 7.14. The number of nitrogens with zero attached hydrogens (tertiary/aromatic N) is 1. The summed E-state index contributed by atoms with van der Waals surface area (Å²) in [7, 11) is 0. The van der Waals surface area contributed by atoms with E-state index in [0.29, 0.717) is 19.4 Å². The zero-order chi connectivity index (χ0) is 14.6. The van der Waals surface area contributed by atoms with Gasteiger partial charge < -0.3 is 4.74 Å². The standard InChI is InChI=1S/C17H21NO2/c1-16(2)9-6-10-17(13-18,15(16)19)11-12-20-14-7-4-3-5-8-14/h3-5,7-8H,6,9-12H2,1-2H3. The number of para-hydroxylation sites is 1. The largest absolute Gasteiger partial charge is 0.494 e. The van der Waals surface area contributed by atoms with Gasteiger partial charge in [-0.3, -0.25) is 4.79 Å². The average Bonchev–Trinajstić information content (AvgIpc) is 2.45. The van der Waals surface area contributed by atoms with E-state index >= 15 is 0 Å². The van der Waals surface area contributed by atoms with Crippen molar-refractivity contribution < 1.29 is 9.53 Å². The highest BCUT2D eigenvalue weighted by molar-refractivity contribution is 5.92. The molecule has 0 heterocycles. The van der Waals surface area contributed by atoms with Crippen molar-refractivity contribution in [3.05, 3.63) is 30.3 Å². The monoisotopic (exact) mass is 271 g/mol. The van der Waals surface area contributed by atoms with E-state index in [-0.39, 0.29) is 11.2 Å². The molecule has 0 bridgehead atoms. The normalized spacial score (nSPS) is 24.9. The summed E-state index contributed by atoms with van der Waals surface area (Å²) in [4.78, 5) is 12.6. The Morgan fingerprint density at radius 2 is 1.95 bits per heavy atom. The molecule has 0 aromatic heterocycles. The smallest absolute Gasteiger partial charge is 0.158 e. The fraction of sp³-hybridized carbons (Fsp3) is 0.529. The minimum Gasteiger partial charge on any atom is -0.494 e. The van der Waals surface area contributed by atoms with E-state index in [1.165, 1.54) is 0 Å². The summed E-state index contributed by atoms with van der Waals surface area (Å²) in [6.07, 6.45) is 2.93. The fourth-order valence-corrected chi connectivity index (χ4v) is 2.97. The Hall–Kier alpha value is -1.82. The van der Waals surface area contributed by atoms with E-state index in [1.807, 2.05) is 44.2 Å². The first kappa shape index (κ1) is 14.6. The third kappa shape index (κ3) is 2.85. The third-order valence-corrected chi connectivity index (χ3v) is 4.21. The van der Waals surface area contributed by atoms with Crippen molar-refractivity contribution in [1.82, 2.24) is 0 Å². The molecule has 1 aliphatic rings. The van der Waals surface area contributed by atoms with Crippen molar-refractivity contribution in [2.75, 3.05) is 6.61 Å². The highest BCUT2D eigenvalue weighted by Gasteiger charge is 2.48. The van der Waals surface area contributed by atoms with Crippen molar-refractivity contribution in [2.45, 2.75) is 39.5 Å². The van der Waals surface area contributed by atoms with Gasteiger partial charge in [0.05, 0.1) is 12.7 Å². The van der Waals surface area contributed by atoms with Gasteiger partial charge in [0, 0.05) is 11.8 Å². The lowest BCUT2D eigenvalue weighted by Gasteiger charge is -2.38. The summed E-state index contributed by atoms with van der Waals surface area (Å²) in [6.45, 7) is 4.29. The van der Waals surface area contributed by atoms with Crippen LogP contribution in [0.15, 0.2) is 30.3 Å². The number of ketones is 1. The summed E-state index contributed by atoms with van der Waals surface area (Å²) in [5.41, 5.74) is -1.25. The predicted molar refractivity (Wildman–Crippen MR) is 77.2 cm³/mol. The van der Waals surface area contributed by atoms with Crippen LogP contribution in [-0.4, -0.2) is 12.4 Å². The van der Waals surface area contributed by atoms with Crippen molar-refractivity contribution >= 4 is 5.78 Å². The summed E-state index contributed by atoms with van der Waals surface area (Å²) >= 11 is 0. The Labute approximate surface area is 120 Å². The van der Waals surface area contributed by atoms with Gasteiger partial charge >= 0.3 is 0 Å². The molecule has 0 saturated heterocycles. The zero-order valence-electron chi connectivity index (χ0n) is 12.2. The quantitative estimate of drug-likeness (QED) is 0.838. The van der Waals surface area contributed by atoms with Crippen LogP contribution in [0, 0.1) is 22.2 Å². The van der Waals surface area contributed by atoms with Gasteiger partial charge in [0.25, 0.3) is 0 Å². The summed E-state index contributed by atoms with van der Waals surface area (Å²) in [5.74, 6) is 0.860. The number of rotatable bonds is 4. The Morgan fingerprint density at radius 1 is 1.25 bits per heavy atom. The molecular formula is C17H21NO2. The van der Waals surface area contributed by atoms with Crippen LogP contribution in [0.1, 0.15) is 39.5 Å². The molecule has 2 rings (SSSR count). The number of nitriles is 1. The molecule has 0 radical (unpaired) electrons. The minimum absolute atomic E-state index is 0.0791. The van der Waals surface area contributed by atoms with Crippen LogP contribution < -0.4 is 4.74 Å². The second-order valence-corrected chi connectivity index (χ2v) is 6.17. The first-order chi connectivity index (χ1) is 9.50. The lowest BCUT2D eigenvalue weighted by molar-refractivity contribution is -0.139. The molecule has 1 unspecified atom stereocenters. The van der Waals surface area contributed by atoms with E-state index in [2.05, 4.69) is 6.07 Å². The molecular weight excluding hydrogens is 250 g/mol. The van der Waals surface area contributed by atoms with Crippen molar-refractivity contribution in [3.63, 3.8) is 0 Å². The number of ether oxygens (including phenoxy) is 1. The first-order valence-electron chi connectivity index (χ1n) is 7.14. The number of Topliss-reactive ketones (excluding diaryl/α,β-unsaturated/α-hetero) is 1. The summed E-state index contributed by atoms with van der Waals surface area (Å²) in [5, 5.41) is 9.51. The van der Waals surface area contributed by atoms with E-state index in [9.17, 15) is 10.1 Å². The van der Waals surface area contributed by atoms with Crippen LogP contribution in [0.5, 0.6) is 5.75 Å². The fourth-order valence-electron chi connectivity index (χ4n) is 2.97. The molecule has 1 saturated carbocycles. The lowest BCUT2D eigenvalue weighted by atomic mass is 9.62. The highest BCUT2D eigenvalue weighted by atomic mass is 16.5. The third-order valence-electron chi connectivity index (χ3n) is 4.21. The summed E-state index contributed by atoms with van der Waals surface area (Å²) < 4.78 is 5.65. The zero-order valence-corrected chi connectivity index (χ0v) is 12.2. The molecule has 1 aromatic rings. The molecule has 1 aromatic carbocycles. The molecule has 1 fully saturated rings. The van der Waals surface area contributed by atoms with Gasteiger partial charge in [0.2, 0.25) is 0 Å². The van der Waals surface area contributed by atoms with Gasteiger partial charge in [-0.2, -0.15) is 5.26 Å². The van der Waals surface area contributed by atoms with Crippen LogP contribution >= 0.6 is 0 Å². The molecule has 1 aliphatic carbocycles. The SMILES string of the molecule is CC1(C)CCCC(C#N)(CCOc2ccccc2)C1=O. The topological polar surface area (TPSA) is 50.1 Å². The van der Waals surface area contributed by atoms with Gasteiger partial charge in [-0.15, -0.1) is 0 Å². The van der Waals surface area contributed by atoms with E-state index in [1.54, 1.807) is 0 Å². The predicted octanol–water partition coefficient (Wildman–Crippen LogP) is 3.74. The Balaban J connectivity index is 2.02. The average molecular weight is 271 g/mol. The molecule has 0 amide bonds. The molecule has 3 heteroatoms. The Morgan fingerprint density at radius 3 is 2.60 bits per heavy atom. The highest BCUT2D eigenvalue weighted by Crippen LogP contribution is 2.44. The molecule has 1 atom stereocenters. The number of benzene rings is 1. The second-order valence-electron chi connectivity index (χ2n) is 6.17. The Kier molecular flexibility index (Phi) is 4.13. The maximum Gasteiger partial charge on any atom is 0.158 e. The van der Waals surface area contributed by atoms with Gasteiger partial charge in [0.1, 0.15) is 11.2 Å². The van der Waals surface area contributed by atoms with Crippen LogP contribution in [0.4, 0.5) is 0 Å². The van der Waals surface area contributed by atoms with Crippen LogP contribution in [0.3, 0.4) is 0 Å². The van der Waals surface area contributed by atoms with Gasteiger partial charge in [-0.05, 0) is 25.0 Å². The number of carbonyl (C=O) groups is 1. The number of hydrogen-bond acceptors (Lipinski definition) is 3. The van der Waals surface area contributed by atoms with Crippen molar-refractivity contribution in [2.24, 2.45) is 10.8 Å². The maximum atomic E-state index is 12.6. The van der Waals surface area contributed by atoms with Crippen LogP contribution in [0.2, 0.25) is 0 Å². The lowest BCUT2D eigenvalue weighted by Crippen LogP contribution is -2.44. The van der Waals surface area contributed by atoms with Gasteiger partial charge in [0.15, 0.2) is 5.78 Å². The minimum atomic E-state index is -0.865. The van der Waals surface area contributed by atoms with Crippen LogP contribution in [-0.2, 0) is 4.79 Å². The summed E-state index contributed by atoms with van der Waals surface area (Å²) in [6, 6.07) is 11.8. The van der Waals surface area contributed by atoms with E-state index in [0.717, 1.165) is 18.6 Å². The maximum absolute atomic E-state index is 12.6. The molecule has 3 nitrogen and oxygen atoms in total. The van der Waals surface area contributed by atoms with E-state index in [4.69, 9.17) is 4.74 Å². The number of carbonyl (C=O) groups excluding carboxylic acids is 1. The van der Waals surface area contributed by atoms with Crippen LogP contribution in [0.25, 0.3) is 0 Å². The van der Waals surface area contributed by atoms with Crippen molar-refractivity contribution in [3.8, 4) is 11.8 Å². The molecule has 0 N–H and O–H groups in total. The van der Waals surface area contributed by atoms with Gasteiger partial charge in [-0.1, -0.05) is 38.5 Å². The van der Waals surface area contributed by atoms with Gasteiger partial charge in [-0.25, -0.2) is 0 Å². The molecule has 0 aliphatic heterocycles. The number of hydrogen-bond donors (Lipinski definition) is 0. The second kappa shape index (κ2) is 5.66. The Bertz CT molecular complexity index is 516. The molecule has 20 heavy (non-hydrogen) atoms. The molecule has 0 spiro atoms. The van der Waals surface area contributed by atoms with E-state index < -0.39 is 5.41 Å².